The highest BCUT2D eigenvalue weighted by molar-refractivity contribution is 5.66. The van der Waals surface area contributed by atoms with Gasteiger partial charge in [-0.15, -0.1) is 0 Å². The average molecular weight is 447 g/mol. The van der Waals surface area contributed by atoms with E-state index in [0.717, 1.165) is 55.3 Å². The van der Waals surface area contributed by atoms with Gasteiger partial charge in [0, 0.05) is 13.3 Å². The van der Waals surface area contributed by atoms with Crippen molar-refractivity contribution in [3.05, 3.63) is 0 Å². The van der Waals surface area contributed by atoms with E-state index in [-0.39, 0.29) is 17.5 Å². The number of hydrogen-bond donors (Lipinski definition) is 1. The smallest absolute Gasteiger partial charge is 0.302 e. The molecule has 4 fully saturated rings. The first-order valence-corrected chi connectivity index (χ1v) is 13.9. The van der Waals surface area contributed by atoms with E-state index in [1.54, 1.807) is 0 Å². The van der Waals surface area contributed by atoms with Crippen molar-refractivity contribution >= 4 is 5.97 Å². The number of fused-ring (bicyclic) bond motifs is 5. The molecular weight excluding hydrogens is 396 g/mol. The quantitative estimate of drug-likeness (QED) is 0.440. The largest absolute Gasteiger partial charge is 0.462 e. The van der Waals surface area contributed by atoms with Gasteiger partial charge in [0.15, 0.2) is 0 Å². The highest BCUT2D eigenvalue weighted by Gasteiger charge is 2.64. The number of carbonyl (C=O) groups excluding carboxylic acids is 1. The topological polar surface area (TPSA) is 46.5 Å². The summed E-state index contributed by atoms with van der Waals surface area (Å²) in [4.78, 5) is 11.5. The molecule has 32 heavy (non-hydrogen) atoms. The SMILES string of the molecule is CC(=O)O[C@@H]1CC[C@]2(C)[C@@H]3CC[C@@]4(C)[C@@H](CC[C@H]4[C@H](C)CCCC(C)C)[C@@H]3CC[C@@]2(O)C1. The molecule has 0 bridgehead atoms. The van der Waals surface area contributed by atoms with Crippen LogP contribution in [-0.4, -0.2) is 22.8 Å². The molecule has 3 nitrogen and oxygen atoms in total. The summed E-state index contributed by atoms with van der Waals surface area (Å²) in [5, 5.41) is 11.9. The molecule has 0 spiro atoms. The molecule has 4 aliphatic carbocycles. The van der Waals surface area contributed by atoms with Crippen LogP contribution in [0.4, 0.5) is 0 Å². The summed E-state index contributed by atoms with van der Waals surface area (Å²) in [6.07, 6.45) is 14.1. The van der Waals surface area contributed by atoms with Crippen LogP contribution in [0, 0.1) is 46.3 Å². The van der Waals surface area contributed by atoms with E-state index >= 15 is 0 Å². The van der Waals surface area contributed by atoms with Crippen LogP contribution in [0.5, 0.6) is 0 Å². The van der Waals surface area contributed by atoms with E-state index in [0.29, 0.717) is 17.8 Å². The second-order valence-corrected chi connectivity index (χ2v) is 13.4. The van der Waals surface area contributed by atoms with Crippen molar-refractivity contribution in [3.8, 4) is 0 Å². The molecule has 4 saturated carbocycles. The first kappa shape index (κ1) is 24.6. The van der Waals surface area contributed by atoms with Gasteiger partial charge in [-0.1, -0.05) is 53.9 Å². The predicted molar refractivity (Wildman–Crippen MR) is 130 cm³/mol. The minimum Gasteiger partial charge on any atom is -0.462 e. The standard InChI is InChI=1S/C29H50O3/c1-19(2)8-7-9-20(3)24-10-11-25-23-13-17-29(31)18-22(32-21(4)30)12-16-28(29,6)26(23)14-15-27(24,25)5/h19-20,22-26,31H,7-18H2,1-6H3/t20-,22-,23+,24+,25+,26-,27-,28-,29-/m1/s1. The van der Waals surface area contributed by atoms with Gasteiger partial charge in [0.1, 0.15) is 6.10 Å². The number of esters is 1. The lowest BCUT2D eigenvalue weighted by Crippen LogP contribution is -2.63. The van der Waals surface area contributed by atoms with Crippen LogP contribution < -0.4 is 0 Å². The summed E-state index contributed by atoms with van der Waals surface area (Å²) in [6, 6.07) is 0. The number of aliphatic hydroxyl groups is 1. The van der Waals surface area contributed by atoms with E-state index in [2.05, 4.69) is 34.6 Å². The fraction of sp³-hybridized carbons (Fsp3) is 0.966. The maximum Gasteiger partial charge on any atom is 0.302 e. The second kappa shape index (κ2) is 8.90. The highest BCUT2D eigenvalue weighted by Crippen LogP contribution is 2.69. The number of rotatable bonds is 6. The summed E-state index contributed by atoms with van der Waals surface area (Å²) in [7, 11) is 0. The minimum atomic E-state index is -0.664. The maximum atomic E-state index is 11.9. The van der Waals surface area contributed by atoms with Crippen LogP contribution in [0.1, 0.15) is 119 Å². The van der Waals surface area contributed by atoms with Gasteiger partial charge in [-0.05, 0) is 97.7 Å². The molecule has 1 N–H and O–H groups in total. The van der Waals surface area contributed by atoms with Crippen LogP contribution in [0.2, 0.25) is 0 Å². The normalized spacial score (nSPS) is 46.8. The molecule has 0 heterocycles. The van der Waals surface area contributed by atoms with Crippen LogP contribution in [0.25, 0.3) is 0 Å². The monoisotopic (exact) mass is 446 g/mol. The van der Waals surface area contributed by atoms with Crippen molar-refractivity contribution in [1.29, 1.82) is 0 Å². The van der Waals surface area contributed by atoms with Gasteiger partial charge >= 0.3 is 5.97 Å². The van der Waals surface area contributed by atoms with Crippen LogP contribution >= 0.6 is 0 Å². The Labute approximate surface area is 197 Å². The Balaban J connectivity index is 1.47. The van der Waals surface area contributed by atoms with Gasteiger partial charge in [-0.25, -0.2) is 0 Å². The van der Waals surface area contributed by atoms with Crippen molar-refractivity contribution in [1.82, 2.24) is 0 Å². The molecule has 0 aromatic carbocycles. The fourth-order valence-electron chi connectivity index (χ4n) is 9.57. The molecule has 9 atom stereocenters. The third-order valence-corrected chi connectivity index (χ3v) is 11.3. The summed E-state index contributed by atoms with van der Waals surface area (Å²) in [5.41, 5.74) is -0.184. The summed E-state index contributed by atoms with van der Waals surface area (Å²) >= 11 is 0. The zero-order valence-electron chi connectivity index (χ0n) is 21.8. The molecule has 3 heteroatoms. The van der Waals surface area contributed by atoms with Gasteiger partial charge in [0.05, 0.1) is 5.60 Å². The maximum absolute atomic E-state index is 11.9. The van der Waals surface area contributed by atoms with E-state index in [4.69, 9.17) is 4.74 Å². The second-order valence-electron chi connectivity index (χ2n) is 13.4. The summed E-state index contributed by atoms with van der Waals surface area (Å²) in [6.45, 7) is 13.8. The van der Waals surface area contributed by atoms with E-state index < -0.39 is 5.60 Å². The lowest BCUT2D eigenvalue weighted by molar-refractivity contribution is -0.224. The zero-order valence-corrected chi connectivity index (χ0v) is 21.8. The minimum absolute atomic E-state index is 0.0190. The van der Waals surface area contributed by atoms with E-state index in [1.807, 2.05) is 0 Å². The van der Waals surface area contributed by atoms with Crippen molar-refractivity contribution in [2.45, 2.75) is 130 Å². The fourth-order valence-corrected chi connectivity index (χ4v) is 9.57. The Kier molecular flexibility index (Phi) is 6.83. The average Bonchev–Trinajstić information content (AvgIpc) is 3.05. The van der Waals surface area contributed by atoms with Crippen LogP contribution in [0.3, 0.4) is 0 Å². The summed E-state index contributed by atoms with van der Waals surface area (Å²) < 4.78 is 5.56. The van der Waals surface area contributed by atoms with Gasteiger partial charge in [0.25, 0.3) is 0 Å². The number of hydrogen-bond acceptors (Lipinski definition) is 3. The third kappa shape index (κ3) is 4.07. The Bertz CT molecular complexity index is 688. The van der Waals surface area contributed by atoms with Crippen molar-refractivity contribution in [2.24, 2.45) is 46.3 Å². The molecule has 0 aromatic heterocycles. The molecule has 0 unspecified atom stereocenters. The molecule has 0 radical (unpaired) electrons. The molecular formula is C29H50O3. The van der Waals surface area contributed by atoms with Gasteiger partial charge in [-0.3, -0.25) is 4.79 Å². The van der Waals surface area contributed by atoms with Crippen LogP contribution in [-0.2, 0) is 9.53 Å². The Morgan fingerprint density at radius 1 is 0.969 bits per heavy atom. The lowest BCUT2D eigenvalue weighted by Gasteiger charge is -2.64. The first-order chi connectivity index (χ1) is 15.0. The predicted octanol–water partition coefficient (Wildman–Crippen LogP) is 7.15. The Morgan fingerprint density at radius 3 is 2.41 bits per heavy atom. The van der Waals surface area contributed by atoms with Gasteiger partial charge in [0.2, 0.25) is 0 Å². The Morgan fingerprint density at radius 2 is 1.72 bits per heavy atom. The molecule has 0 saturated heterocycles. The molecule has 0 aliphatic heterocycles. The van der Waals surface area contributed by atoms with Crippen molar-refractivity contribution < 1.29 is 14.6 Å². The third-order valence-electron chi connectivity index (χ3n) is 11.3. The molecule has 4 aliphatic rings. The molecule has 0 amide bonds. The molecule has 184 valence electrons. The van der Waals surface area contributed by atoms with Crippen LogP contribution in [0.15, 0.2) is 0 Å². The highest BCUT2D eigenvalue weighted by atomic mass is 16.5. The molecule has 4 rings (SSSR count). The van der Waals surface area contributed by atoms with Gasteiger partial charge < -0.3 is 9.84 Å². The van der Waals surface area contributed by atoms with Crippen molar-refractivity contribution in [2.75, 3.05) is 0 Å². The van der Waals surface area contributed by atoms with Crippen molar-refractivity contribution in [3.63, 3.8) is 0 Å². The lowest BCUT2D eigenvalue weighted by atomic mass is 9.43. The van der Waals surface area contributed by atoms with E-state index in [1.165, 1.54) is 51.9 Å². The summed E-state index contributed by atoms with van der Waals surface area (Å²) in [5.74, 6) is 4.59. The van der Waals surface area contributed by atoms with Gasteiger partial charge in [-0.2, -0.15) is 0 Å². The first-order valence-electron chi connectivity index (χ1n) is 13.9. The zero-order chi connectivity index (χ0) is 23.3. The molecule has 0 aromatic rings. The Hall–Kier alpha value is -0.570. The van der Waals surface area contributed by atoms with E-state index in [9.17, 15) is 9.90 Å². The number of carbonyl (C=O) groups is 1. The number of ether oxygens (including phenoxy) is 1.